The number of halogens is 1. The van der Waals surface area contributed by atoms with Crippen molar-refractivity contribution in [1.82, 2.24) is 0 Å². The van der Waals surface area contributed by atoms with E-state index in [0.29, 0.717) is 5.41 Å². The first-order valence-electron chi connectivity index (χ1n) is 6.13. The molecule has 0 radical (unpaired) electrons. The van der Waals surface area contributed by atoms with Crippen LogP contribution >= 0.6 is 15.9 Å². The number of rotatable bonds is 0. The Bertz CT molecular complexity index is 442. The largest absolute Gasteiger partial charge is 0.379 e. The molecule has 16 heavy (non-hydrogen) atoms. The zero-order valence-corrected chi connectivity index (χ0v) is 11.5. The summed E-state index contributed by atoms with van der Waals surface area (Å²) in [5.41, 5.74) is 3.41. The molecule has 2 heteroatoms. The highest BCUT2D eigenvalue weighted by molar-refractivity contribution is 9.10. The van der Waals surface area contributed by atoms with Crippen molar-refractivity contribution in [1.29, 1.82) is 0 Å². The minimum absolute atomic E-state index is 0.258. The normalized spacial score (nSPS) is 36.4. The molecule has 0 saturated heterocycles. The summed E-state index contributed by atoms with van der Waals surface area (Å²) in [5.74, 6) is 0. The highest BCUT2D eigenvalue weighted by Gasteiger charge is 2.52. The van der Waals surface area contributed by atoms with E-state index in [0.717, 1.165) is 0 Å². The third kappa shape index (κ3) is 1.22. The van der Waals surface area contributed by atoms with Crippen molar-refractivity contribution in [2.75, 3.05) is 5.32 Å². The molecule has 2 atom stereocenters. The molecule has 1 aromatic rings. The second kappa shape index (κ2) is 3.25. The first-order valence-corrected chi connectivity index (χ1v) is 6.93. The Hall–Kier alpha value is -0.500. The van der Waals surface area contributed by atoms with Gasteiger partial charge in [-0.25, -0.2) is 0 Å². The Morgan fingerprint density at radius 2 is 1.94 bits per heavy atom. The van der Waals surface area contributed by atoms with Crippen LogP contribution in [0.5, 0.6) is 0 Å². The summed E-state index contributed by atoms with van der Waals surface area (Å²) in [5, 5.41) is 3.76. The van der Waals surface area contributed by atoms with E-state index in [2.05, 4.69) is 53.3 Å². The number of fused-ring (bicyclic) bond motifs is 3. The minimum atomic E-state index is 0.258. The first-order chi connectivity index (χ1) is 7.55. The third-order valence-electron chi connectivity index (χ3n) is 4.81. The van der Waals surface area contributed by atoms with Crippen molar-refractivity contribution in [2.45, 2.75) is 50.5 Å². The lowest BCUT2D eigenvalue weighted by atomic mass is 9.62. The van der Waals surface area contributed by atoms with Gasteiger partial charge in [0.05, 0.1) is 0 Å². The van der Waals surface area contributed by atoms with E-state index in [4.69, 9.17) is 0 Å². The molecule has 1 heterocycles. The van der Waals surface area contributed by atoms with Crippen LogP contribution in [0.25, 0.3) is 0 Å². The van der Waals surface area contributed by atoms with Crippen molar-refractivity contribution in [3.63, 3.8) is 0 Å². The molecule has 1 aliphatic carbocycles. The quantitative estimate of drug-likeness (QED) is 0.739. The molecule has 1 N–H and O–H groups in total. The Balaban J connectivity index is 2.17. The summed E-state index contributed by atoms with van der Waals surface area (Å²) in [7, 11) is 0. The van der Waals surface area contributed by atoms with E-state index in [1.165, 1.54) is 41.4 Å². The van der Waals surface area contributed by atoms with Gasteiger partial charge in [0.2, 0.25) is 0 Å². The van der Waals surface area contributed by atoms with Crippen molar-refractivity contribution in [3.8, 4) is 0 Å². The lowest BCUT2D eigenvalue weighted by molar-refractivity contribution is 0.214. The number of hydrogen-bond donors (Lipinski definition) is 1. The van der Waals surface area contributed by atoms with Crippen LogP contribution in [-0.4, -0.2) is 5.54 Å². The van der Waals surface area contributed by atoms with Gasteiger partial charge in [0, 0.05) is 21.1 Å². The monoisotopic (exact) mass is 279 g/mol. The van der Waals surface area contributed by atoms with Crippen LogP contribution < -0.4 is 5.32 Å². The van der Waals surface area contributed by atoms with Crippen molar-refractivity contribution in [3.05, 3.63) is 28.2 Å². The van der Waals surface area contributed by atoms with E-state index in [1.54, 1.807) is 0 Å². The second-order valence-corrected chi connectivity index (χ2v) is 6.60. The van der Waals surface area contributed by atoms with Crippen molar-refractivity contribution < 1.29 is 0 Å². The average molecular weight is 280 g/mol. The Labute approximate surface area is 106 Å². The zero-order valence-electron chi connectivity index (χ0n) is 9.94. The minimum Gasteiger partial charge on any atom is -0.379 e. The lowest BCUT2D eigenvalue weighted by Gasteiger charge is -2.45. The lowest BCUT2D eigenvalue weighted by Crippen LogP contribution is -2.50. The predicted octanol–water partition coefficient (Wildman–Crippen LogP) is 4.47. The molecule has 0 spiro atoms. The van der Waals surface area contributed by atoms with Gasteiger partial charge in [0.1, 0.15) is 0 Å². The summed E-state index contributed by atoms with van der Waals surface area (Å²) in [6.07, 6.45) is 5.31. The van der Waals surface area contributed by atoms with Crippen LogP contribution in [0.4, 0.5) is 5.69 Å². The van der Waals surface area contributed by atoms with Crippen LogP contribution in [0.15, 0.2) is 22.7 Å². The number of hydrogen-bond acceptors (Lipinski definition) is 1. The standard InChI is InChI=1S/C14H18BrN/c1-13-7-3-4-8-14(13,2)16-12-6-5-10(15)9-11(12)13/h5-6,9,16H,3-4,7-8H2,1-2H3. The summed E-state index contributed by atoms with van der Waals surface area (Å²) in [6, 6.07) is 6.66. The average Bonchev–Trinajstić information content (AvgIpc) is 2.47. The molecular formula is C14H18BrN. The van der Waals surface area contributed by atoms with Crippen LogP contribution in [0.3, 0.4) is 0 Å². The highest BCUT2D eigenvalue weighted by atomic mass is 79.9. The molecular weight excluding hydrogens is 262 g/mol. The molecule has 0 aromatic heterocycles. The Kier molecular flexibility index (Phi) is 2.16. The fraction of sp³-hybridized carbons (Fsp3) is 0.571. The fourth-order valence-corrected chi connectivity index (χ4v) is 3.88. The molecule has 1 nitrogen and oxygen atoms in total. The molecule has 0 amide bonds. The van der Waals surface area contributed by atoms with Crippen LogP contribution in [-0.2, 0) is 5.41 Å². The molecule has 2 unspecified atom stereocenters. The van der Waals surface area contributed by atoms with E-state index in [1.807, 2.05) is 0 Å². The van der Waals surface area contributed by atoms with E-state index in [9.17, 15) is 0 Å². The number of nitrogens with one attached hydrogen (secondary N) is 1. The molecule has 1 aromatic carbocycles. The van der Waals surface area contributed by atoms with Gasteiger partial charge in [-0.2, -0.15) is 0 Å². The first kappa shape index (κ1) is 10.6. The summed E-state index contributed by atoms with van der Waals surface area (Å²) < 4.78 is 1.20. The van der Waals surface area contributed by atoms with Crippen LogP contribution in [0.1, 0.15) is 45.1 Å². The molecule has 2 aliphatic rings. The van der Waals surface area contributed by atoms with Gasteiger partial charge in [-0.05, 0) is 43.5 Å². The Morgan fingerprint density at radius 3 is 2.75 bits per heavy atom. The Morgan fingerprint density at radius 1 is 1.19 bits per heavy atom. The molecule has 3 rings (SSSR count). The van der Waals surface area contributed by atoms with Gasteiger partial charge < -0.3 is 5.32 Å². The number of anilines is 1. The summed E-state index contributed by atoms with van der Waals surface area (Å²) in [4.78, 5) is 0. The second-order valence-electron chi connectivity index (χ2n) is 5.69. The van der Waals surface area contributed by atoms with Gasteiger partial charge in [0.25, 0.3) is 0 Å². The zero-order chi connectivity index (χ0) is 11.4. The molecule has 86 valence electrons. The van der Waals surface area contributed by atoms with Crippen molar-refractivity contribution in [2.24, 2.45) is 0 Å². The van der Waals surface area contributed by atoms with Gasteiger partial charge in [0.15, 0.2) is 0 Å². The van der Waals surface area contributed by atoms with Crippen LogP contribution in [0, 0.1) is 0 Å². The summed E-state index contributed by atoms with van der Waals surface area (Å²) in [6.45, 7) is 4.82. The SMILES string of the molecule is CC12CCCCC1(C)c1cc(Br)ccc1N2. The topological polar surface area (TPSA) is 12.0 Å². The van der Waals surface area contributed by atoms with E-state index in [-0.39, 0.29) is 5.54 Å². The van der Waals surface area contributed by atoms with Gasteiger partial charge in [-0.1, -0.05) is 35.7 Å². The van der Waals surface area contributed by atoms with E-state index < -0.39 is 0 Å². The fourth-order valence-electron chi connectivity index (χ4n) is 3.52. The molecule has 1 fully saturated rings. The molecule has 1 saturated carbocycles. The van der Waals surface area contributed by atoms with E-state index >= 15 is 0 Å². The predicted molar refractivity (Wildman–Crippen MR) is 72.0 cm³/mol. The maximum absolute atomic E-state index is 3.76. The van der Waals surface area contributed by atoms with Gasteiger partial charge >= 0.3 is 0 Å². The maximum atomic E-state index is 3.76. The summed E-state index contributed by atoms with van der Waals surface area (Å²) >= 11 is 3.60. The van der Waals surface area contributed by atoms with Crippen molar-refractivity contribution >= 4 is 21.6 Å². The molecule has 1 aliphatic heterocycles. The molecule has 0 bridgehead atoms. The van der Waals surface area contributed by atoms with Gasteiger partial charge in [-0.3, -0.25) is 0 Å². The van der Waals surface area contributed by atoms with Gasteiger partial charge in [-0.15, -0.1) is 0 Å². The highest BCUT2D eigenvalue weighted by Crippen LogP contribution is 2.55. The smallest absolute Gasteiger partial charge is 0.0440 e. The number of benzene rings is 1. The third-order valence-corrected chi connectivity index (χ3v) is 5.30. The van der Waals surface area contributed by atoms with Crippen LogP contribution in [0.2, 0.25) is 0 Å². The maximum Gasteiger partial charge on any atom is 0.0440 e.